The van der Waals surface area contributed by atoms with Gasteiger partial charge in [0.25, 0.3) is 0 Å². The minimum atomic E-state index is 0.545. The Morgan fingerprint density at radius 1 is 1.32 bits per heavy atom. The Morgan fingerprint density at radius 2 is 2.00 bits per heavy atom. The van der Waals surface area contributed by atoms with Gasteiger partial charge in [-0.25, -0.2) is 15.8 Å². The highest BCUT2D eigenvalue weighted by molar-refractivity contribution is 5.46. The third kappa shape index (κ3) is 5.40. The molecule has 1 aromatic heterocycles. The number of anilines is 2. The van der Waals surface area contributed by atoms with Crippen molar-refractivity contribution in [1.82, 2.24) is 14.9 Å². The van der Waals surface area contributed by atoms with Crippen molar-refractivity contribution in [3.8, 4) is 0 Å². The number of likely N-dealkylation sites (N-methyl/N-ethyl adjacent to an activating group) is 1. The SMILES string of the molecule is CCCc1nc(NN)cc(NCCN(C)C(C)C)n1. The fourth-order valence-corrected chi connectivity index (χ4v) is 1.62. The fourth-order valence-electron chi connectivity index (χ4n) is 1.62. The van der Waals surface area contributed by atoms with Crippen molar-refractivity contribution >= 4 is 11.6 Å². The van der Waals surface area contributed by atoms with Gasteiger partial charge in [0.1, 0.15) is 17.5 Å². The van der Waals surface area contributed by atoms with Crippen molar-refractivity contribution in [2.75, 3.05) is 30.9 Å². The molecule has 108 valence electrons. The second kappa shape index (κ2) is 7.91. The number of hydrogen-bond acceptors (Lipinski definition) is 6. The maximum atomic E-state index is 5.42. The summed E-state index contributed by atoms with van der Waals surface area (Å²) in [7, 11) is 2.11. The number of nitrogens with one attached hydrogen (secondary N) is 2. The second-order valence-corrected chi connectivity index (χ2v) is 4.95. The van der Waals surface area contributed by atoms with E-state index in [1.54, 1.807) is 0 Å². The number of nitrogens with two attached hydrogens (primary N) is 1. The molecule has 0 aliphatic heterocycles. The molecule has 0 unspecified atom stereocenters. The summed E-state index contributed by atoms with van der Waals surface area (Å²) in [5, 5.41) is 3.32. The Balaban J connectivity index is 2.59. The van der Waals surface area contributed by atoms with Gasteiger partial charge in [-0.3, -0.25) is 0 Å². The highest BCUT2D eigenvalue weighted by atomic mass is 15.3. The van der Waals surface area contributed by atoms with Gasteiger partial charge in [0.05, 0.1) is 0 Å². The summed E-state index contributed by atoms with van der Waals surface area (Å²) in [5.74, 6) is 7.72. The van der Waals surface area contributed by atoms with E-state index in [0.29, 0.717) is 11.9 Å². The molecule has 6 heteroatoms. The summed E-state index contributed by atoms with van der Waals surface area (Å²) in [5.41, 5.74) is 2.58. The van der Waals surface area contributed by atoms with Crippen molar-refractivity contribution in [3.05, 3.63) is 11.9 Å². The first kappa shape index (κ1) is 15.7. The molecule has 0 amide bonds. The Hall–Kier alpha value is -1.40. The predicted octanol–water partition coefficient (Wildman–Crippen LogP) is 1.47. The molecule has 0 saturated heterocycles. The smallest absolute Gasteiger partial charge is 0.145 e. The maximum absolute atomic E-state index is 5.42. The van der Waals surface area contributed by atoms with E-state index in [2.05, 4.69) is 53.4 Å². The minimum Gasteiger partial charge on any atom is -0.369 e. The molecule has 6 nitrogen and oxygen atoms in total. The molecular formula is C13H26N6. The molecule has 0 radical (unpaired) electrons. The van der Waals surface area contributed by atoms with E-state index in [0.717, 1.165) is 37.6 Å². The monoisotopic (exact) mass is 266 g/mol. The lowest BCUT2D eigenvalue weighted by Crippen LogP contribution is -2.31. The van der Waals surface area contributed by atoms with Gasteiger partial charge in [-0.1, -0.05) is 6.92 Å². The molecule has 1 rings (SSSR count). The first-order chi connectivity index (χ1) is 9.06. The van der Waals surface area contributed by atoms with E-state index in [1.807, 2.05) is 6.07 Å². The van der Waals surface area contributed by atoms with Crippen LogP contribution in [0.3, 0.4) is 0 Å². The largest absolute Gasteiger partial charge is 0.369 e. The average Bonchev–Trinajstić information content (AvgIpc) is 2.38. The van der Waals surface area contributed by atoms with E-state index >= 15 is 0 Å². The summed E-state index contributed by atoms with van der Waals surface area (Å²) in [6.45, 7) is 8.29. The Kier molecular flexibility index (Phi) is 6.52. The highest BCUT2D eigenvalue weighted by Crippen LogP contribution is 2.11. The van der Waals surface area contributed by atoms with Crippen molar-refractivity contribution in [3.63, 3.8) is 0 Å². The van der Waals surface area contributed by atoms with Gasteiger partial charge in [0, 0.05) is 31.6 Å². The summed E-state index contributed by atoms with van der Waals surface area (Å²) in [6, 6.07) is 2.37. The molecule has 0 fully saturated rings. The zero-order chi connectivity index (χ0) is 14.3. The van der Waals surface area contributed by atoms with Crippen LogP contribution in [0.15, 0.2) is 6.07 Å². The zero-order valence-electron chi connectivity index (χ0n) is 12.4. The first-order valence-corrected chi connectivity index (χ1v) is 6.85. The predicted molar refractivity (Wildman–Crippen MR) is 80.1 cm³/mol. The lowest BCUT2D eigenvalue weighted by Gasteiger charge is -2.21. The van der Waals surface area contributed by atoms with Crippen molar-refractivity contribution < 1.29 is 0 Å². The highest BCUT2D eigenvalue weighted by Gasteiger charge is 2.05. The number of hydrazine groups is 1. The molecule has 0 aromatic carbocycles. The Labute approximate surface area is 115 Å². The van der Waals surface area contributed by atoms with Gasteiger partial charge in [-0.05, 0) is 27.3 Å². The third-order valence-corrected chi connectivity index (χ3v) is 3.05. The molecule has 19 heavy (non-hydrogen) atoms. The molecule has 0 aliphatic rings. The van der Waals surface area contributed by atoms with Crippen LogP contribution in [0.4, 0.5) is 11.6 Å². The molecule has 1 heterocycles. The van der Waals surface area contributed by atoms with Gasteiger partial charge < -0.3 is 15.6 Å². The van der Waals surface area contributed by atoms with E-state index in [-0.39, 0.29) is 0 Å². The van der Waals surface area contributed by atoms with Gasteiger partial charge >= 0.3 is 0 Å². The minimum absolute atomic E-state index is 0.545. The molecule has 0 bridgehead atoms. The van der Waals surface area contributed by atoms with Crippen LogP contribution in [0.2, 0.25) is 0 Å². The number of aryl methyl sites for hydroxylation is 1. The summed E-state index contributed by atoms with van der Waals surface area (Å²) in [6.07, 6.45) is 1.87. The zero-order valence-corrected chi connectivity index (χ0v) is 12.4. The molecule has 0 saturated carbocycles. The van der Waals surface area contributed by atoms with Gasteiger partial charge in [-0.15, -0.1) is 0 Å². The lowest BCUT2D eigenvalue weighted by atomic mass is 10.3. The van der Waals surface area contributed by atoms with E-state index in [9.17, 15) is 0 Å². The molecule has 0 atom stereocenters. The topological polar surface area (TPSA) is 79.1 Å². The lowest BCUT2D eigenvalue weighted by molar-refractivity contribution is 0.284. The standard InChI is InChI=1S/C13H26N6/c1-5-6-11-16-12(9-13(17-11)18-14)15-7-8-19(4)10(2)3/h9-10H,5-8,14H2,1-4H3,(H2,15,16,17,18). The van der Waals surface area contributed by atoms with Gasteiger partial charge in [0.2, 0.25) is 0 Å². The van der Waals surface area contributed by atoms with Crippen LogP contribution in [0.1, 0.15) is 33.0 Å². The Morgan fingerprint density at radius 3 is 2.58 bits per heavy atom. The van der Waals surface area contributed by atoms with E-state index < -0.39 is 0 Å². The third-order valence-electron chi connectivity index (χ3n) is 3.05. The van der Waals surface area contributed by atoms with Crippen LogP contribution >= 0.6 is 0 Å². The second-order valence-electron chi connectivity index (χ2n) is 4.95. The van der Waals surface area contributed by atoms with Gasteiger partial charge in [0.15, 0.2) is 0 Å². The fraction of sp³-hybridized carbons (Fsp3) is 0.692. The van der Waals surface area contributed by atoms with Crippen LogP contribution < -0.4 is 16.6 Å². The number of nitrogen functional groups attached to an aromatic ring is 1. The van der Waals surface area contributed by atoms with Crippen molar-refractivity contribution in [2.24, 2.45) is 5.84 Å². The average molecular weight is 266 g/mol. The number of hydrogen-bond donors (Lipinski definition) is 3. The summed E-state index contributed by atoms with van der Waals surface area (Å²) < 4.78 is 0. The van der Waals surface area contributed by atoms with E-state index in [1.165, 1.54) is 0 Å². The number of aromatic nitrogens is 2. The molecule has 1 aromatic rings. The maximum Gasteiger partial charge on any atom is 0.145 e. The van der Waals surface area contributed by atoms with Crippen LogP contribution in [-0.4, -0.2) is 41.0 Å². The molecular weight excluding hydrogens is 240 g/mol. The molecule has 0 aliphatic carbocycles. The number of rotatable bonds is 8. The summed E-state index contributed by atoms with van der Waals surface area (Å²) >= 11 is 0. The first-order valence-electron chi connectivity index (χ1n) is 6.85. The van der Waals surface area contributed by atoms with Crippen LogP contribution in [0, 0.1) is 0 Å². The molecule has 4 N–H and O–H groups in total. The Bertz CT molecular complexity index is 379. The van der Waals surface area contributed by atoms with Crippen LogP contribution in [0.5, 0.6) is 0 Å². The molecule has 0 spiro atoms. The quantitative estimate of drug-likeness (QED) is 0.488. The van der Waals surface area contributed by atoms with Crippen molar-refractivity contribution in [2.45, 2.75) is 39.7 Å². The summed E-state index contributed by atoms with van der Waals surface area (Å²) in [4.78, 5) is 11.1. The van der Waals surface area contributed by atoms with Crippen molar-refractivity contribution in [1.29, 1.82) is 0 Å². The normalized spacial score (nSPS) is 11.1. The van der Waals surface area contributed by atoms with Crippen LogP contribution in [-0.2, 0) is 6.42 Å². The number of nitrogens with zero attached hydrogens (tertiary/aromatic N) is 3. The van der Waals surface area contributed by atoms with Gasteiger partial charge in [-0.2, -0.15) is 0 Å². The van der Waals surface area contributed by atoms with E-state index in [4.69, 9.17) is 5.84 Å². The van der Waals surface area contributed by atoms with Crippen LogP contribution in [0.25, 0.3) is 0 Å².